The van der Waals surface area contributed by atoms with Crippen LogP contribution in [-0.4, -0.2) is 49.2 Å². The number of methoxy groups -OCH3 is 1. The Morgan fingerprint density at radius 2 is 1.87 bits per heavy atom. The molecule has 2 aliphatic heterocycles. The monoisotopic (exact) mass is 339 g/mol. The summed E-state index contributed by atoms with van der Waals surface area (Å²) >= 11 is 0. The first kappa shape index (κ1) is 17.8. The molecule has 0 aliphatic carbocycles. The minimum absolute atomic E-state index is 0. The zero-order chi connectivity index (χ0) is 15.7. The fourth-order valence-corrected chi connectivity index (χ4v) is 3.77. The number of benzene rings is 1. The van der Waals surface area contributed by atoms with E-state index >= 15 is 0 Å². The second-order valence-electron chi connectivity index (χ2n) is 6.06. The highest BCUT2D eigenvalue weighted by atomic mass is 35.5. The van der Waals surface area contributed by atoms with Crippen LogP contribution in [-0.2, 0) is 14.3 Å². The van der Waals surface area contributed by atoms with E-state index in [9.17, 15) is 9.59 Å². The Bertz CT molecular complexity index is 565. The second-order valence-corrected chi connectivity index (χ2v) is 6.06. The molecule has 0 amide bonds. The lowest BCUT2D eigenvalue weighted by atomic mass is 9.87. The lowest BCUT2D eigenvalue weighted by Gasteiger charge is -2.40. The minimum atomic E-state index is -0.408. The minimum Gasteiger partial charge on any atom is -0.469 e. The smallest absolute Gasteiger partial charge is 0.338 e. The molecule has 2 saturated heterocycles. The van der Waals surface area contributed by atoms with Crippen molar-refractivity contribution in [3.63, 3.8) is 0 Å². The Balaban J connectivity index is 0.00000192. The molecule has 2 aliphatic rings. The Hall–Kier alpha value is -1.59. The van der Waals surface area contributed by atoms with Crippen LogP contribution in [0.3, 0.4) is 0 Å². The largest absolute Gasteiger partial charge is 0.469 e. The van der Waals surface area contributed by atoms with Gasteiger partial charge < -0.3 is 9.47 Å². The van der Waals surface area contributed by atoms with Crippen LogP contribution in [0.15, 0.2) is 30.3 Å². The maximum absolute atomic E-state index is 12.3. The third kappa shape index (κ3) is 3.35. The molecule has 2 fully saturated rings. The van der Waals surface area contributed by atoms with E-state index in [0.29, 0.717) is 18.0 Å². The lowest BCUT2D eigenvalue weighted by molar-refractivity contribution is -0.156. The molecule has 0 N–H and O–H groups in total. The third-order valence-corrected chi connectivity index (χ3v) is 4.96. The summed E-state index contributed by atoms with van der Waals surface area (Å²) in [6, 6.07) is 9.36. The first-order valence-electron chi connectivity index (χ1n) is 7.67. The highest BCUT2D eigenvalue weighted by molar-refractivity contribution is 5.89. The number of esters is 2. The maximum atomic E-state index is 12.3. The van der Waals surface area contributed by atoms with Crippen molar-refractivity contribution in [1.82, 2.24) is 4.90 Å². The quantitative estimate of drug-likeness (QED) is 0.791. The molecule has 2 unspecified atom stereocenters. The summed E-state index contributed by atoms with van der Waals surface area (Å²) in [5.41, 5.74) is 0.511. The number of hydrogen-bond donors (Lipinski definition) is 0. The molecule has 2 bridgehead atoms. The molecule has 0 radical (unpaired) electrons. The molecule has 23 heavy (non-hydrogen) atoms. The number of nitrogens with zero attached hydrogens (tertiary/aromatic N) is 1. The van der Waals surface area contributed by atoms with Gasteiger partial charge in [0.1, 0.15) is 12.0 Å². The molecule has 126 valence electrons. The zero-order valence-electron chi connectivity index (χ0n) is 13.3. The van der Waals surface area contributed by atoms with Crippen LogP contribution in [0.5, 0.6) is 0 Å². The highest BCUT2D eigenvalue weighted by Crippen LogP contribution is 2.40. The molecule has 4 atom stereocenters. The van der Waals surface area contributed by atoms with Crippen LogP contribution in [0.25, 0.3) is 0 Å². The SMILES string of the molecule is COC(=O)C1C(OC(=O)c2ccccc2)C[C@@H]2CC[C@H]1N2C.Cl. The van der Waals surface area contributed by atoms with Crippen molar-refractivity contribution < 1.29 is 19.1 Å². The first-order chi connectivity index (χ1) is 10.6. The van der Waals surface area contributed by atoms with E-state index in [1.807, 2.05) is 13.1 Å². The molecular weight excluding hydrogens is 318 g/mol. The van der Waals surface area contributed by atoms with E-state index in [1.54, 1.807) is 24.3 Å². The molecular formula is C17H22ClNO4. The van der Waals surface area contributed by atoms with Crippen molar-refractivity contribution in [2.45, 2.75) is 37.5 Å². The standard InChI is InChI=1S/C17H21NO4.ClH/c1-18-12-8-9-13(18)15(17(20)21-2)14(10-12)22-16(19)11-6-4-3-5-7-11;/h3-7,12-15H,8-10H2,1-2H3;1H/t12-,13+,14?,15?;/m0./s1. The van der Waals surface area contributed by atoms with Gasteiger partial charge in [-0.15, -0.1) is 12.4 Å². The van der Waals surface area contributed by atoms with E-state index in [0.717, 1.165) is 12.8 Å². The van der Waals surface area contributed by atoms with Crippen LogP contribution < -0.4 is 0 Å². The third-order valence-electron chi connectivity index (χ3n) is 4.96. The van der Waals surface area contributed by atoms with Gasteiger partial charge in [0, 0.05) is 18.5 Å². The normalized spacial score (nSPS) is 29.5. The van der Waals surface area contributed by atoms with Crippen molar-refractivity contribution in [1.29, 1.82) is 0 Å². The Kier molecular flexibility index (Phi) is 5.65. The summed E-state index contributed by atoms with van der Waals surface area (Å²) in [4.78, 5) is 26.7. The zero-order valence-corrected chi connectivity index (χ0v) is 14.1. The second kappa shape index (κ2) is 7.32. The molecule has 1 aromatic rings. The number of halogens is 1. The van der Waals surface area contributed by atoms with Gasteiger partial charge in [0.15, 0.2) is 0 Å². The molecule has 0 spiro atoms. The van der Waals surface area contributed by atoms with Crippen molar-refractivity contribution in [3.05, 3.63) is 35.9 Å². The predicted molar refractivity (Wildman–Crippen MR) is 87.6 cm³/mol. The number of hydrogen-bond acceptors (Lipinski definition) is 5. The van der Waals surface area contributed by atoms with Gasteiger partial charge in [-0.2, -0.15) is 0 Å². The van der Waals surface area contributed by atoms with Gasteiger partial charge in [-0.05, 0) is 32.0 Å². The summed E-state index contributed by atoms with van der Waals surface area (Å²) in [5.74, 6) is -1.06. The van der Waals surface area contributed by atoms with E-state index in [4.69, 9.17) is 9.47 Å². The van der Waals surface area contributed by atoms with Crippen LogP contribution in [0.2, 0.25) is 0 Å². The number of fused-ring (bicyclic) bond motifs is 2. The summed E-state index contributed by atoms with van der Waals surface area (Å²) in [6.45, 7) is 0. The van der Waals surface area contributed by atoms with Crippen LogP contribution >= 0.6 is 12.4 Å². The first-order valence-corrected chi connectivity index (χ1v) is 7.67. The van der Waals surface area contributed by atoms with Crippen molar-refractivity contribution in [2.75, 3.05) is 14.2 Å². The Morgan fingerprint density at radius 1 is 1.17 bits per heavy atom. The van der Waals surface area contributed by atoms with Gasteiger partial charge >= 0.3 is 11.9 Å². The topological polar surface area (TPSA) is 55.8 Å². The average molecular weight is 340 g/mol. The van der Waals surface area contributed by atoms with E-state index in [-0.39, 0.29) is 30.4 Å². The summed E-state index contributed by atoms with van der Waals surface area (Å²) < 4.78 is 10.6. The average Bonchev–Trinajstić information content (AvgIpc) is 2.78. The maximum Gasteiger partial charge on any atom is 0.338 e. The molecule has 1 aromatic carbocycles. The summed E-state index contributed by atoms with van der Waals surface area (Å²) in [6.07, 6.45) is 2.26. The molecule has 6 heteroatoms. The van der Waals surface area contributed by atoms with Gasteiger partial charge in [0.25, 0.3) is 0 Å². The van der Waals surface area contributed by atoms with Gasteiger partial charge in [0.05, 0.1) is 12.7 Å². The number of rotatable bonds is 3. The van der Waals surface area contributed by atoms with E-state index in [2.05, 4.69) is 4.90 Å². The van der Waals surface area contributed by atoms with Gasteiger partial charge in [-0.25, -0.2) is 4.79 Å². The molecule has 0 saturated carbocycles. The molecule has 5 nitrogen and oxygen atoms in total. The predicted octanol–water partition coefficient (Wildman–Crippen LogP) is 2.29. The van der Waals surface area contributed by atoms with Gasteiger partial charge in [0.2, 0.25) is 0 Å². The fourth-order valence-electron chi connectivity index (χ4n) is 3.77. The van der Waals surface area contributed by atoms with Crippen molar-refractivity contribution in [3.8, 4) is 0 Å². The molecule has 3 rings (SSSR count). The number of ether oxygens (including phenoxy) is 2. The van der Waals surface area contributed by atoms with E-state index < -0.39 is 12.0 Å². The lowest BCUT2D eigenvalue weighted by Crippen LogP contribution is -2.53. The van der Waals surface area contributed by atoms with Crippen molar-refractivity contribution in [2.24, 2.45) is 5.92 Å². The Labute approximate surface area is 142 Å². The highest BCUT2D eigenvalue weighted by Gasteiger charge is 2.50. The van der Waals surface area contributed by atoms with Crippen LogP contribution in [0.1, 0.15) is 29.6 Å². The molecule has 0 aromatic heterocycles. The fraction of sp³-hybridized carbons (Fsp3) is 0.529. The van der Waals surface area contributed by atoms with Crippen LogP contribution in [0, 0.1) is 5.92 Å². The summed E-state index contributed by atoms with van der Waals surface area (Å²) in [5, 5.41) is 0. The Morgan fingerprint density at radius 3 is 2.52 bits per heavy atom. The van der Waals surface area contributed by atoms with Crippen LogP contribution in [0.4, 0.5) is 0 Å². The van der Waals surface area contributed by atoms with E-state index in [1.165, 1.54) is 7.11 Å². The molecule has 2 heterocycles. The van der Waals surface area contributed by atoms with Crippen molar-refractivity contribution >= 4 is 24.3 Å². The summed E-state index contributed by atoms with van der Waals surface area (Å²) in [7, 11) is 3.42. The number of carbonyl (C=O) groups excluding carboxylic acids is 2. The van der Waals surface area contributed by atoms with Gasteiger partial charge in [-0.1, -0.05) is 18.2 Å². The number of piperidine rings is 1. The number of carbonyl (C=O) groups is 2. The van der Waals surface area contributed by atoms with Gasteiger partial charge in [-0.3, -0.25) is 9.69 Å².